The zero-order chi connectivity index (χ0) is 36.2. The van der Waals surface area contributed by atoms with Crippen LogP contribution in [0.15, 0.2) is 65.7 Å². The number of benzene rings is 2. The number of anilines is 2. The predicted octanol–water partition coefficient (Wildman–Crippen LogP) is 8.17. The summed E-state index contributed by atoms with van der Waals surface area (Å²) in [6.45, 7) is 13.9. The first kappa shape index (κ1) is 38.3. The Balaban J connectivity index is 1.42. The van der Waals surface area contributed by atoms with E-state index in [-0.39, 0.29) is 6.61 Å². The van der Waals surface area contributed by atoms with Gasteiger partial charge >= 0.3 is 5.97 Å². The molecule has 0 bridgehead atoms. The monoisotopic (exact) mass is 748 g/mol. The minimum absolute atomic E-state index is 0.264. The first-order chi connectivity index (χ1) is 24.7. The molecule has 0 saturated heterocycles. The van der Waals surface area contributed by atoms with Crippen molar-refractivity contribution in [1.29, 1.82) is 0 Å². The van der Waals surface area contributed by atoms with Crippen molar-refractivity contribution in [3.63, 3.8) is 0 Å². The highest BCUT2D eigenvalue weighted by molar-refractivity contribution is 7.16. The van der Waals surface area contributed by atoms with Gasteiger partial charge in [-0.3, -0.25) is 4.57 Å². The van der Waals surface area contributed by atoms with Gasteiger partial charge in [-0.2, -0.15) is 4.99 Å². The molecule has 14 heteroatoms. The van der Waals surface area contributed by atoms with E-state index in [1.807, 2.05) is 60.4 Å². The number of nitrogens with zero attached hydrogens (tertiary/aromatic N) is 6. The summed E-state index contributed by atoms with van der Waals surface area (Å²) >= 11 is 3.06. The summed E-state index contributed by atoms with van der Waals surface area (Å²) in [6.07, 6.45) is 2.05. The van der Waals surface area contributed by atoms with Gasteiger partial charge in [-0.25, -0.2) is 9.78 Å². The molecule has 0 aliphatic carbocycles. The van der Waals surface area contributed by atoms with Gasteiger partial charge in [0.1, 0.15) is 12.5 Å². The van der Waals surface area contributed by atoms with Gasteiger partial charge in [-0.05, 0) is 75.0 Å². The van der Waals surface area contributed by atoms with Crippen molar-refractivity contribution in [2.45, 2.75) is 65.5 Å². The summed E-state index contributed by atoms with van der Waals surface area (Å²) in [7, 11) is 0.468. The van der Waals surface area contributed by atoms with Crippen LogP contribution < -0.4 is 14.4 Å². The van der Waals surface area contributed by atoms with Crippen LogP contribution in [-0.2, 0) is 27.4 Å². The van der Waals surface area contributed by atoms with Gasteiger partial charge < -0.3 is 23.8 Å². The van der Waals surface area contributed by atoms with E-state index >= 15 is 0 Å². The summed E-state index contributed by atoms with van der Waals surface area (Å²) in [5.41, 5.74) is 2.26. The molecule has 3 heterocycles. The molecule has 0 fully saturated rings. The van der Waals surface area contributed by atoms with Crippen LogP contribution in [0, 0.1) is 6.92 Å². The standard InChI is InChI=1S/C37H48N6O5S2Si/c1-7-47-35(44)33-31(19-13-22-48-28-15-9-8-10-16-28)50-36(38-33)42(20-14-21-45-3)32-25-27(2)34(41-40-32)39-37-43(26-46-23-24-51(4,5)6)29-17-11-12-18-30(29)49-37/h8-12,15-18,25H,7,13-14,19-24,26H2,1-6H3/b39-37-. The minimum Gasteiger partial charge on any atom is -0.494 e. The molecule has 3 aromatic heterocycles. The number of fused-ring (bicyclic) bond motifs is 1. The van der Waals surface area contributed by atoms with E-state index in [0.29, 0.717) is 61.8 Å². The summed E-state index contributed by atoms with van der Waals surface area (Å²) in [4.78, 5) is 26.5. The van der Waals surface area contributed by atoms with Crippen LogP contribution in [0.2, 0.25) is 25.7 Å². The lowest BCUT2D eigenvalue weighted by molar-refractivity contribution is 0.0519. The fraction of sp³-hybridized carbons (Fsp3) is 0.432. The maximum Gasteiger partial charge on any atom is 0.358 e. The highest BCUT2D eigenvalue weighted by Crippen LogP contribution is 2.33. The van der Waals surface area contributed by atoms with E-state index in [2.05, 4.69) is 46.5 Å². The lowest BCUT2D eigenvalue weighted by Crippen LogP contribution is -2.23. The Morgan fingerprint density at radius 1 is 0.980 bits per heavy atom. The van der Waals surface area contributed by atoms with Crippen LogP contribution in [0.1, 0.15) is 40.7 Å². The number of carbonyl (C=O) groups excluding carboxylic acids is 1. The van der Waals surface area contributed by atoms with E-state index < -0.39 is 14.0 Å². The fourth-order valence-corrected chi connectivity index (χ4v) is 8.06. The van der Waals surface area contributed by atoms with Crippen molar-refractivity contribution in [3.8, 4) is 5.75 Å². The molecule has 2 aromatic carbocycles. The van der Waals surface area contributed by atoms with Crippen LogP contribution in [0.4, 0.5) is 16.8 Å². The zero-order valence-corrected chi connectivity index (χ0v) is 33.0. The Bertz CT molecular complexity index is 1940. The second-order valence-electron chi connectivity index (χ2n) is 13.2. The summed E-state index contributed by atoms with van der Waals surface area (Å²) in [5.74, 6) is 1.52. The number of ether oxygens (including phenoxy) is 4. The minimum atomic E-state index is -1.21. The number of methoxy groups -OCH3 is 1. The lowest BCUT2D eigenvalue weighted by Gasteiger charge is -2.20. The summed E-state index contributed by atoms with van der Waals surface area (Å²) in [6, 6.07) is 21.0. The molecule has 0 saturated carbocycles. The van der Waals surface area contributed by atoms with E-state index in [4.69, 9.17) is 28.9 Å². The van der Waals surface area contributed by atoms with Crippen molar-refractivity contribution in [2.24, 2.45) is 4.99 Å². The SMILES string of the molecule is CCOC(=O)c1nc(N(CCCOC)c2cc(C)c(/N=c3\sc4ccccc4n3COCC[Si](C)(C)C)nn2)sc1CCCOc1ccccc1. The molecule has 0 radical (unpaired) electrons. The van der Waals surface area contributed by atoms with Gasteiger partial charge in [0.2, 0.25) is 0 Å². The number of aryl methyl sites for hydroxylation is 2. The molecule has 0 atom stereocenters. The first-order valence-electron chi connectivity index (χ1n) is 17.3. The molecule has 272 valence electrons. The largest absolute Gasteiger partial charge is 0.494 e. The Morgan fingerprint density at radius 2 is 1.76 bits per heavy atom. The van der Waals surface area contributed by atoms with E-state index in [1.54, 1.807) is 25.4 Å². The average Bonchev–Trinajstić information content (AvgIpc) is 3.69. The van der Waals surface area contributed by atoms with Crippen LogP contribution >= 0.6 is 22.7 Å². The third-order valence-corrected chi connectivity index (χ3v) is 11.8. The normalized spacial score (nSPS) is 12.1. The number of carbonyl (C=O) groups is 1. The van der Waals surface area contributed by atoms with Gasteiger partial charge in [-0.15, -0.1) is 21.5 Å². The summed E-state index contributed by atoms with van der Waals surface area (Å²) < 4.78 is 26.1. The summed E-state index contributed by atoms with van der Waals surface area (Å²) in [5, 5.41) is 9.90. The van der Waals surface area contributed by atoms with Crippen LogP contribution in [0.25, 0.3) is 10.2 Å². The molecular formula is C37H48N6O5S2Si. The van der Waals surface area contributed by atoms with Gasteiger partial charge in [0.25, 0.3) is 0 Å². The number of aromatic nitrogens is 4. The molecule has 0 aliphatic heterocycles. The van der Waals surface area contributed by atoms with Gasteiger partial charge in [0.05, 0.1) is 23.4 Å². The average molecular weight is 749 g/mol. The molecular weight excluding hydrogens is 701 g/mol. The maximum absolute atomic E-state index is 13.0. The Morgan fingerprint density at radius 3 is 2.51 bits per heavy atom. The molecule has 0 unspecified atom stereocenters. The van der Waals surface area contributed by atoms with Gasteiger partial charge in [0, 0.05) is 39.8 Å². The number of esters is 1. The number of hydrogen-bond donors (Lipinski definition) is 0. The van der Waals surface area contributed by atoms with Crippen molar-refractivity contribution < 1.29 is 23.7 Å². The van der Waals surface area contributed by atoms with Crippen LogP contribution in [0.3, 0.4) is 0 Å². The molecule has 0 spiro atoms. The number of para-hydroxylation sites is 2. The van der Waals surface area contributed by atoms with E-state index in [1.165, 1.54) is 11.3 Å². The van der Waals surface area contributed by atoms with E-state index in [9.17, 15) is 4.79 Å². The molecule has 0 N–H and O–H groups in total. The van der Waals surface area contributed by atoms with Crippen molar-refractivity contribution >= 4 is 63.7 Å². The second-order valence-corrected chi connectivity index (χ2v) is 20.9. The number of hydrogen-bond acceptors (Lipinski definition) is 12. The van der Waals surface area contributed by atoms with Gasteiger partial charge in [-0.1, -0.05) is 61.3 Å². The molecule has 5 aromatic rings. The predicted molar refractivity (Wildman–Crippen MR) is 208 cm³/mol. The smallest absolute Gasteiger partial charge is 0.358 e. The Labute approximate surface area is 308 Å². The highest BCUT2D eigenvalue weighted by Gasteiger charge is 2.24. The molecule has 5 rings (SSSR count). The van der Waals surface area contributed by atoms with Crippen molar-refractivity contribution in [3.05, 3.63) is 81.6 Å². The number of rotatable bonds is 19. The van der Waals surface area contributed by atoms with Crippen molar-refractivity contribution in [1.82, 2.24) is 19.7 Å². The third-order valence-electron chi connectivity index (χ3n) is 7.90. The molecule has 0 aliphatic rings. The quantitative estimate of drug-likeness (QED) is 0.0469. The van der Waals surface area contributed by atoms with Crippen molar-refractivity contribution in [2.75, 3.05) is 45.0 Å². The molecule has 0 amide bonds. The maximum atomic E-state index is 13.0. The van der Waals surface area contributed by atoms with Crippen LogP contribution in [-0.4, -0.2) is 73.9 Å². The lowest BCUT2D eigenvalue weighted by atomic mass is 10.2. The first-order valence-corrected chi connectivity index (χ1v) is 22.7. The van der Waals surface area contributed by atoms with Crippen LogP contribution in [0.5, 0.6) is 5.75 Å². The highest BCUT2D eigenvalue weighted by atomic mass is 32.1. The second kappa shape index (κ2) is 18.5. The fourth-order valence-electron chi connectivity index (χ4n) is 5.16. The number of thiazole rings is 2. The topological polar surface area (TPSA) is 113 Å². The Kier molecular flexibility index (Phi) is 13.9. The van der Waals surface area contributed by atoms with E-state index in [0.717, 1.165) is 50.3 Å². The molecule has 11 nitrogen and oxygen atoms in total. The van der Waals surface area contributed by atoms with Gasteiger partial charge in [0.15, 0.2) is 27.3 Å². The Hall–Kier alpha value is -3.95. The molecule has 51 heavy (non-hydrogen) atoms. The third kappa shape index (κ3) is 10.8. The zero-order valence-electron chi connectivity index (χ0n) is 30.4.